The van der Waals surface area contributed by atoms with Crippen LogP contribution in [0.3, 0.4) is 0 Å². The Morgan fingerprint density at radius 1 is 1.19 bits per heavy atom. The molecule has 118 valence electrons. The summed E-state index contributed by atoms with van der Waals surface area (Å²) in [5.41, 5.74) is 1.25. The molecule has 0 radical (unpaired) electrons. The Balaban J connectivity index is 1.87. The van der Waals surface area contributed by atoms with Gasteiger partial charge in [0.25, 0.3) is 0 Å². The fourth-order valence-corrected chi connectivity index (χ4v) is 3.16. The van der Waals surface area contributed by atoms with E-state index >= 15 is 0 Å². The first-order chi connectivity index (χ1) is 10.2. The Labute approximate surface area is 129 Å². The molecule has 1 N–H and O–H groups in total. The van der Waals surface area contributed by atoms with Crippen LogP contribution in [-0.2, 0) is 6.54 Å². The summed E-state index contributed by atoms with van der Waals surface area (Å²) in [4.78, 5) is 2.64. The first kappa shape index (κ1) is 16.3. The highest BCUT2D eigenvalue weighted by atomic mass is 16.5. The molecular formula is C18H30N2O. The number of ether oxygens (including phenoxy) is 1. The molecule has 0 aliphatic carbocycles. The lowest BCUT2D eigenvalue weighted by molar-refractivity contribution is 0.186. The predicted molar refractivity (Wildman–Crippen MR) is 88.8 cm³/mol. The van der Waals surface area contributed by atoms with Crippen molar-refractivity contribution in [3.8, 4) is 5.75 Å². The van der Waals surface area contributed by atoms with E-state index in [1.165, 1.54) is 31.5 Å². The molecular weight excluding hydrogens is 260 g/mol. The summed E-state index contributed by atoms with van der Waals surface area (Å²) in [6.07, 6.45) is 2.72. The van der Waals surface area contributed by atoms with Gasteiger partial charge in [-0.2, -0.15) is 0 Å². The van der Waals surface area contributed by atoms with Crippen molar-refractivity contribution in [3.63, 3.8) is 0 Å². The molecule has 0 amide bonds. The van der Waals surface area contributed by atoms with Gasteiger partial charge in [0.2, 0.25) is 0 Å². The maximum atomic E-state index is 5.69. The highest BCUT2D eigenvalue weighted by Gasteiger charge is 2.24. The van der Waals surface area contributed by atoms with Crippen molar-refractivity contribution >= 4 is 0 Å². The van der Waals surface area contributed by atoms with Crippen LogP contribution in [0.1, 0.15) is 39.2 Å². The third-order valence-electron chi connectivity index (χ3n) is 4.32. The van der Waals surface area contributed by atoms with Gasteiger partial charge in [0, 0.05) is 24.7 Å². The first-order valence-electron chi connectivity index (χ1n) is 8.37. The molecule has 0 aromatic heterocycles. The third-order valence-corrected chi connectivity index (χ3v) is 4.32. The number of likely N-dealkylation sites (tertiary alicyclic amines) is 1. The number of para-hydroxylation sites is 1. The quantitative estimate of drug-likeness (QED) is 0.795. The fourth-order valence-electron chi connectivity index (χ4n) is 3.16. The van der Waals surface area contributed by atoms with Crippen molar-refractivity contribution in [1.82, 2.24) is 10.2 Å². The zero-order valence-corrected chi connectivity index (χ0v) is 13.8. The Morgan fingerprint density at radius 2 is 1.90 bits per heavy atom. The highest BCUT2D eigenvalue weighted by molar-refractivity contribution is 5.33. The van der Waals surface area contributed by atoms with Crippen molar-refractivity contribution < 1.29 is 4.74 Å². The van der Waals surface area contributed by atoms with Crippen LogP contribution >= 0.6 is 0 Å². The molecule has 3 nitrogen and oxygen atoms in total. The average Bonchev–Trinajstić information content (AvgIpc) is 2.99. The normalized spacial score (nSPS) is 17.3. The third kappa shape index (κ3) is 4.72. The summed E-state index contributed by atoms with van der Waals surface area (Å²) in [6, 6.07) is 8.97. The van der Waals surface area contributed by atoms with Crippen molar-refractivity contribution in [2.24, 2.45) is 5.92 Å². The van der Waals surface area contributed by atoms with Gasteiger partial charge in [0.1, 0.15) is 5.75 Å². The van der Waals surface area contributed by atoms with Crippen molar-refractivity contribution in [2.75, 3.05) is 26.2 Å². The van der Waals surface area contributed by atoms with E-state index in [-0.39, 0.29) is 0 Å². The summed E-state index contributed by atoms with van der Waals surface area (Å²) >= 11 is 0. The molecule has 2 rings (SSSR count). The Hall–Kier alpha value is -1.06. The van der Waals surface area contributed by atoms with Gasteiger partial charge in [0.15, 0.2) is 0 Å². The molecule has 1 aliphatic rings. The fraction of sp³-hybridized carbons (Fsp3) is 0.667. The molecule has 0 bridgehead atoms. The second kappa shape index (κ2) is 8.40. The van der Waals surface area contributed by atoms with Crippen molar-refractivity contribution in [2.45, 2.75) is 46.2 Å². The minimum Gasteiger partial charge on any atom is -0.494 e. The molecule has 1 aliphatic heterocycles. The van der Waals surface area contributed by atoms with E-state index in [0.717, 1.165) is 25.4 Å². The molecule has 3 heteroatoms. The van der Waals surface area contributed by atoms with Crippen LogP contribution in [0, 0.1) is 5.92 Å². The molecule has 1 heterocycles. The first-order valence-corrected chi connectivity index (χ1v) is 8.37. The topological polar surface area (TPSA) is 24.5 Å². The number of benzene rings is 1. The SMILES string of the molecule is CCOc1ccccc1CNCC(C(C)C)N1CCCC1. The maximum Gasteiger partial charge on any atom is 0.123 e. The molecule has 21 heavy (non-hydrogen) atoms. The van der Waals surface area contributed by atoms with Crippen LogP contribution in [0.2, 0.25) is 0 Å². The van der Waals surface area contributed by atoms with E-state index in [1.807, 2.05) is 13.0 Å². The lowest BCUT2D eigenvalue weighted by atomic mass is 10.0. The second-order valence-electron chi connectivity index (χ2n) is 6.23. The summed E-state index contributed by atoms with van der Waals surface area (Å²) in [5.74, 6) is 1.70. The van der Waals surface area contributed by atoms with E-state index in [0.29, 0.717) is 12.0 Å². The van der Waals surface area contributed by atoms with Gasteiger partial charge in [-0.1, -0.05) is 32.0 Å². The molecule has 1 fully saturated rings. The lowest BCUT2D eigenvalue weighted by Crippen LogP contribution is -2.44. The molecule has 1 aromatic carbocycles. The van der Waals surface area contributed by atoms with Gasteiger partial charge in [-0.25, -0.2) is 0 Å². The minimum atomic E-state index is 0.645. The molecule has 0 saturated carbocycles. The van der Waals surface area contributed by atoms with Crippen LogP contribution in [-0.4, -0.2) is 37.2 Å². The maximum absolute atomic E-state index is 5.69. The van der Waals surface area contributed by atoms with Gasteiger partial charge in [-0.05, 0) is 44.8 Å². The largest absolute Gasteiger partial charge is 0.494 e. The molecule has 0 spiro atoms. The van der Waals surface area contributed by atoms with Crippen LogP contribution in [0.4, 0.5) is 0 Å². The number of nitrogens with one attached hydrogen (secondary N) is 1. The van der Waals surface area contributed by atoms with E-state index < -0.39 is 0 Å². The lowest BCUT2D eigenvalue weighted by Gasteiger charge is -2.31. The number of hydrogen-bond donors (Lipinski definition) is 1. The minimum absolute atomic E-state index is 0.645. The smallest absolute Gasteiger partial charge is 0.123 e. The second-order valence-corrected chi connectivity index (χ2v) is 6.23. The van der Waals surface area contributed by atoms with Crippen LogP contribution in [0.5, 0.6) is 5.75 Å². The van der Waals surface area contributed by atoms with Gasteiger partial charge < -0.3 is 10.1 Å². The average molecular weight is 290 g/mol. The summed E-state index contributed by atoms with van der Waals surface area (Å²) in [5, 5.41) is 3.64. The molecule has 1 saturated heterocycles. The van der Waals surface area contributed by atoms with E-state index in [4.69, 9.17) is 4.74 Å². The van der Waals surface area contributed by atoms with Gasteiger partial charge in [-0.15, -0.1) is 0 Å². The van der Waals surface area contributed by atoms with E-state index in [9.17, 15) is 0 Å². The molecule has 1 atom stereocenters. The van der Waals surface area contributed by atoms with Crippen LogP contribution in [0.25, 0.3) is 0 Å². The number of nitrogens with zero attached hydrogens (tertiary/aromatic N) is 1. The standard InChI is InChI=1S/C18H30N2O/c1-4-21-18-10-6-5-9-16(18)13-19-14-17(15(2)3)20-11-7-8-12-20/h5-6,9-10,15,17,19H,4,7-8,11-14H2,1-3H3. The van der Waals surface area contributed by atoms with E-state index in [2.05, 4.69) is 42.3 Å². The Bertz CT molecular complexity index is 413. The Kier molecular flexibility index (Phi) is 6.52. The number of rotatable bonds is 8. The number of hydrogen-bond acceptors (Lipinski definition) is 3. The van der Waals surface area contributed by atoms with Crippen LogP contribution < -0.4 is 10.1 Å². The monoisotopic (exact) mass is 290 g/mol. The van der Waals surface area contributed by atoms with Crippen molar-refractivity contribution in [1.29, 1.82) is 0 Å². The predicted octanol–water partition coefficient (Wildman–Crippen LogP) is 3.30. The van der Waals surface area contributed by atoms with E-state index in [1.54, 1.807) is 0 Å². The Morgan fingerprint density at radius 3 is 2.57 bits per heavy atom. The molecule has 1 unspecified atom stereocenters. The summed E-state index contributed by atoms with van der Waals surface area (Å²) < 4.78 is 5.69. The zero-order chi connectivity index (χ0) is 15.1. The van der Waals surface area contributed by atoms with Gasteiger partial charge >= 0.3 is 0 Å². The summed E-state index contributed by atoms with van der Waals surface area (Å²) in [6.45, 7) is 11.9. The highest BCUT2D eigenvalue weighted by Crippen LogP contribution is 2.19. The van der Waals surface area contributed by atoms with Crippen molar-refractivity contribution in [3.05, 3.63) is 29.8 Å². The summed E-state index contributed by atoms with van der Waals surface area (Å²) in [7, 11) is 0. The van der Waals surface area contributed by atoms with Gasteiger partial charge in [-0.3, -0.25) is 4.90 Å². The molecule has 1 aromatic rings. The zero-order valence-electron chi connectivity index (χ0n) is 13.8. The van der Waals surface area contributed by atoms with Gasteiger partial charge in [0.05, 0.1) is 6.61 Å². The van der Waals surface area contributed by atoms with Crippen LogP contribution in [0.15, 0.2) is 24.3 Å².